The number of carbonyl (C=O) groups is 3. The molecule has 1 aliphatic heterocycles. The second-order valence-corrected chi connectivity index (χ2v) is 9.95. The molecule has 11 heteroatoms. The number of anilines is 1. The van der Waals surface area contributed by atoms with Crippen LogP contribution in [0.5, 0.6) is 0 Å². The molecular weight excluding hydrogens is 469 g/mol. The molecule has 174 valence electrons. The van der Waals surface area contributed by atoms with Gasteiger partial charge >= 0.3 is 0 Å². The number of benzene rings is 2. The van der Waals surface area contributed by atoms with E-state index in [1.807, 2.05) is 0 Å². The fraction of sp³-hybridized carbons (Fsp3) is 0.227. The lowest BCUT2D eigenvalue weighted by atomic mass is 10.2. The van der Waals surface area contributed by atoms with Gasteiger partial charge in [-0.15, -0.1) is 0 Å². The number of carbonyl (C=O) groups excluding carboxylic acids is 3. The standard InChI is InChI=1S/C22H22FN3O5S2/c1-2-12-33(30,31)25-17-8-5-7-16(13-17)20(27)24-10-11-26-21(28)19(32-22(26)29)14-15-6-3-4-9-18(15)23/h3-9,13-14,25H,2,10-12H2,1H3,(H,24,27)/b19-14-. The van der Waals surface area contributed by atoms with Crippen molar-refractivity contribution < 1.29 is 27.2 Å². The molecule has 0 bridgehead atoms. The summed E-state index contributed by atoms with van der Waals surface area (Å²) < 4.78 is 40.1. The number of nitrogens with one attached hydrogen (secondary N) is 2. The van der Waals surface area contributed by atoms with Crippen LogP contribution in [-0.2, 0) is 14.8 Å². The summed E-state index contributed by atoms with van der Waals surface area (Å²) in [5.74, 6) is -1.59. The van der Waals surface area contributed by atoms with Crippen molar-refractivity contribution in [3.8, 4) is 0 Å². The third-order valence-electron chi connectivity index (χ3n) is 4.56. The van der Waals surface area contributed by atoms with Gasteiger partial charge in [0.15, 0.2) is 0 Å². The molecule has 0 aromatic heterocycles. The molecule has 0 aliphatic carbocycles. The first-order chi connectivity index (χ1) is 15.7. The average molecular weight is 492 g/mol. The van der Waals surface area contributed by atoms with Crippen LogP contribution in [0.4, 0.5) is 14.9 Å². The number of amides is 3. The van der Waals surface area contributed by atoms with E-state index in [1.165, 1.54) is 42.5 Å². The Morgan fingerprint density at radius 1 is 1.15 bits per heavy atom. The molecule has 1 fully saturated rings. The van der Waals surface area contributed by atoms with Crippen LogP contribution >= 0.6 is 11.8 Å². The zero-order valence-corrected chi connectivity index (χ0v) is 19.3. The lowest BCUT2D eigenvalue weighted by molar-refractivity contribution is -0.122. The Bertz CT molecular complexity index is 1210. The summed E-state index contributed by atoms with van der Waals surface area (Å²) in [6, 6.07) is 11.9. The summed E-state index contributed by atoms with van der Waals surface area (Å²) in [5.41, 5.74) is 0.686. The maximum absolute atomic E-state index is 13.8. The van der Waals surface area contributed by atoms with E-state index in [-0.39, 0.29) is 40.6 Å². The topological polar surface area (TPSA) is 113 Å². The third-order valence-corrected chi connectivity index (χ3v) is 6.96. The minimum absolute atomic E-state index is 0.00432. The van der Waals surface area contributed by atoms with Gasteiger partial charge in [0.05, 0.1) is 10.7 Å². The molecule has 1 aliphatic rings. The van der Waals surface area contributed by atoms with Gasteiger partial charge in [-0.2, -0.15) is 0 Å². The summed E-state index contributed by atoms with van der Waals surface area (Å²) in [6.45, 7) is 1.68. The van der Waals surface area contributed by atoms with Crippen molar-refractivity contribution in [2.45, 2.75) is 13.3 Å². The molecule has 0 spiro atoms. The normalized spacial score (nSPS) is 15.2. The smallest absolute Gasteiger partial charge is 0.293 e. The minimum Gasteiger partial charge on any atom is -0.350 e. The molecule has 8 nitrogen and oxygen atoms in total. The zero-order chi connectivity index (χ0) is 24.0. The fourth-order valence-corrected chi connectivity index (χ4v) is 5.01. The van der Waals surface area contributed by atoms with Gasteiger partial charge in [-0.3, -0.25) is 24.0 Å². The first-order valence-electron chi connectivity index (χ1n) is 10.1. The van der Waals surface area contributed by atoms with E-state index in [0.29, 0.717) is 18.2 Å². The van der Waals surface area contributed by atoms with Crippen LogP contribution in [0.15, 0.2) is 53.4 Å². The predicted octanol–water partition coefficient (Wildman–Crippen LogP) is 3.44. The average Bonchev–Trinajstić information content (AvgIpc) is 3.02. The minimum atomic E-state index is -3.49. The first kappa shape index (κ1) is 24.5. The summed E-state index contributed by atoms with van der Waals surface area (Å²) in [4.78, 5) is 38.2. The van der Waals surface area contributed by atoms with Crippen molar-refractivity contribution in [1.29, 1.82) is 0 Å². The molecule has 0 unspecified atom stereocenters. The second-order valence-electron chi connectivity index (χ2n) is 7.11. The second kappa shape index (κ2) is 10.6. The number of hydrogen-bond acceptors (Lipinski definition) is 6. The van der Waals surface area contributed by atoms with Crippen molar-refractivity contribution in [2.75, 3.05) is 23.6 Å². The zero-order valence-electron chi connectivity index (χ0n) is 17.7. The lowest BCUT2D eigenvalue weighted by Gasteiger charge is -2.13. The molecule has 2 N–H and O–H groups in total. The van der Waals surface area contributed by atoms with Gasteiger partial charge in [-0.05, 0) is 48.5 Å². The quantitative estimate of drug-likeness (QED) is 0.520. The van der Waals surface area contributed by atoms with Crippen LogP contribution in [0.1, 0.15) is 29.3 Å². The third kappa shape index (κ3) is 6.42. The van der Waals surface area contributed by atoms with Crippen LogP contribution in [0, 0.1) is 5.82 Å². The maximum atomic E-state index is 13.8. The van der Waals surface area contributed by atoms with Crippen molar-refractivity contribution in [3.05, 3.63) is 70.4 Å². The van der Waals surface area contributed by atoms with E-state index in [0.717, 1.165) is 4.90 Å². The molecule has 2 aromatic rings. The van der Waals surface area contributed by atoms with Gasteiger partial charge in [0.2, 0.25) is 10.0 Å². The van der Waals surface area contributed by atoms with Gasteiger partial charge in [-0.25, -0.2) is 12.8 Å². The molecule has 33 heavy (non-hydrogen) atoms. The highest BCUT2D eigenvalue weighted by Gasteiger charge is 2.34. The Morgan fingerprint density at radius 2 is 1.91 bits per heavy atom. The van der Waals surface area contributed by atoms with Crippen LogP contribution in [-0.4, -0.2) is 49.2 Å². The van der Waals surface area contributed by atoms with Crippen molar-refractivity contribution in [3.63, 3.8) is 0 Å². The number of thioether (sulfide) groups is 1. The van der Waals surface area contributed by atoms with Crippen LogP contribution in [0.25, 0.3) is 6.08 Å². The fourth-order valence-electron chi connectivity index (χ4n) is 3.03. The summed E-state index contributed by atoms with van der Waals surface area (Å²) in [5, 5.41) is 2.09. The Kier molecular flexibility index (Phi) is 7.88. The molecule has 0 radical (unpaired) electrons. The molecule has 3 amide bonds. The molecular formula is C22H22FN3O5S2. The van der Waals surface area contributed by atoms with Crippen LogP contribution in [0.3, 0.4) is 0 Å². The predicted molar refractivity (Wildman–Crippen MR) is 126 cm³/mol. The molecule has 3 rings (SSSR count). The molecule has 0 atom stereocenters. The van der Waals surface area contributed by atoms with Crippen molar-refractivity contribution in [1.82, 2.24) is 10.2 Å². The van der Waals surface area contributed by atoms with Gasteiger partial charge in [0.25, 0.3) is 17.1 Å². The Balaban J connectivity index is 1.59. The maximum Gasteiger partial charge on any atom is 0.293 e. The number of nitrogens with zero attached hydrogens (tertiary/aromatic N) is 1. The first-order valence-corrected chi connectivity index (χ1v) is 12.6. The summed E-state index contributed by atoms with van der Waals surface area (Å²) >= 11 is 0.706. The number of halogens is 1. The van der Waals surface area contributed by atoms with E-state index in [2.05, 4.69) is 10.0 Å². The highest BCUT2D eigenvalue weighted by molar-refractivity contribution is 8.18. The Morgan fingerprint density at radius 3 is 2.64 bits per heavy atom. The lowest BCUT2D eigenvalue weighted by Crippen LogP contribution is -2.37. The van der Waals surface area contributed by atoms with Gasteiger partial charge < -0.3 is 5.32 Å². The monoisotopic (exact) mass is 491 g/mol. The largest absolute Gasteiger partial charge is 0.350 e. The highest BCUT2D eigenvalue weighted by Crippen LogP contribution is 2.32. The van der Waals surface area contributed by atoms with E-state index < -0.39 is 32.9 Å². The highest BCUT2D eigenvalue weighted by atomic mass is 32.2. The molecule has 1 heterocycles. The molecule has 0 saturated carbocycles. The SMILES string of the molecule is CCCS(=O)(=O)Nc1cccc(C(=O)NCCN2C(=O)S/C(=C\c3ccccc3F)C2=O)c1. The van der Waals surface area contributed by atoms with Crippen LogP contribution in [0.2, 0.25) is 0 Å². The summed E-state index contributed by atoms with van der Waals surface area (Å²) in [7, 11) is -3.49. The van der Waals surface area contributed by atoms with E-state index in [1.54, 1.807) is 19.1 Å². The van der Waals surface area contributed by atoms with Crippen molar-refractivity contribution >= 4 is 50.6 Å². The molecule has 2 aromatic carbocycles. The van der Waals surface area contributed by atoms with E-state index >= 15 is 0 Å². The Hall–Kier alpha value is -3.18. The van der Waals surface area contributed by atoms with Gasteiger partial charge in [-0.1, -0.05) is 31.2 Å². The number of hydrogen-bond donors (Lipinski definition) is 2. The number of sulfonamides is 1. The number of imide groups is 1. The number of rotatable bonds is 9. The van der Waals surface area contributed by atoms with E-state index in [4.69, 9.17) is 0 Å². The Labute approximate surface area is 195 Å². The van der Waals surface area contributed by atoms with Crippen LogP contribution < -0.4 is 10.0 Å². The summed E-state index contributed by atoms with van der Waals surface area (Å²) in [6.07, 6.45) is 1.78. The molecule has 1 saturated heterocycles. The van der Waals surface area contributed by atoms with E-state index in [9.17, 15) is 27.2 Å². The van der Waals surface area contributed by atoms with Gasteiger partial charge in [0, 0.05) is 29.9 Å². The van der Waals surface area contributed by atoms with Gasteiger partial charge in [0.1, 0.15) is 5.82 Å². The van der Waals surface area contributed by atoms with Crippen molar-refractivity contribution in [2.24, 2.45) is 0 Å².